The minimum atomic E-state index is -0.642. The van der Waals surface area contributed by atoms with Crippen LogP contribution in [0.15, 0.2) is 67.0 Å². The molecule has 1 heterocycles. The number of anilines is 3. The van der Waals surface area contributed by atoms with Gasteiger partial charge in [0, 0.05) is 42.0 Å². The van der Waals surface area contributed by atoms with Gasteiger partial charge in [0.05, 0.1) is 24.9 Å². The highest BCUT2D eigenvalue weighted by molar-refractivity contribution is 6.03. The van der Waals surface area contributed by atoms with Crippen molar-refractivity contribution in [2.75, 3.05) is 31.5 Å². The first-order chi connectivity index (χ1) is 18.8. The Balaban J connectivity index is 1.78. The molecule has 0 radical (unpaired) electrons. The molecule has 0 aliphatic rings. The lowest BCUT2D eigenvalue weighted by molar-refractivity contribution is -0.111. The van der Waals surface area contributed by atoms with E-state index in [2.05, 4.69) is 34.4 Å². The normalized spacial score (nSPS) is 12.1. The molecule has 4 aromatic rings. The number of benzene rings is 3. The van der Waals surface area contributed by atoms with Crippen LogP contribution in [0, 0.1) is 11.6 Å². The summed E-state index contributed by atoms with van der Waals surface area (Å²) in [6.07, 6.45) is 5.30. The van der Waals surface area contributed by atoms with Gasteiger partial charge in [-0.3, -0.25) is 4.79 Å². The number of methoxy groups -OCH3 is 2. The Kier molecular flexibility index (Phi) is 8.83. The Hall–Kier alpha value is -4.37. The Bertz CT molecular complexity index is 1520. The monoisotopic (exact) mass is 532 g/mol. The van der Waals surface area contributed by atoms with Crippen molar-refractivity contribution in [3.63, 3.8) is 0 Å². The summed E-state index contributed by atoms with van der Waals surface area (Å²) in [7, 11) is 3.05. The third-order valence-corrected chi connectivity index (χ3v) is 6.44. The average molecular weight is 533 g/mol. The van der Waals surface area contributed by atoms with Gasteiger partial charge in [0.1, 0.15) is 29.5 Å². The molecule has 0 fully saturated rings. The Labute approximate surface area is 225 Å². The summed E-state index contributed by atoms with van der Waals surface area (Å²) in [5.41, 5.74) is 3.68. The molecule has 1 unspecified atom stereocenters. The molecule has 7 nitrogen and oxygen atoms in total. The first-order valence-electron chi connectivity index (χ1n) is 12.5. The number of fused-ring (bicyclic) bond motifs is 1. The van der Waals surface area contributed by atoms with Crippen molar-refractivity contribution in [1.29, 1.82) is 0 Å². The van der Waals surface area contributed by atoms with Crippen molar-refractivity contribution in [2.24, 2.45) is 0 Å². The van der Waals surface area contributed by atoms with Crippen LogP contribution in [-0.2, 0) is 9.53 Å². The van der Waals surface area contributed by atoms with Crippen LogP contribution in [0.4, 0.5) is 26.0 Å². The van der Waals surface area contributed by atoms with E-state index in [9.17, 15) is 13.6 Å². The Morgan fingerprint density at radius 1 is 1.05 bits per heavy atom. The fraction of sp³-hybridized carbons (Fsp3) is 0.233. The maximum Gasteiger partial charge on any atom is 0.248 e. The summed E-state index contributed by atoms with van der Waals surface area (Å²) < 4.78 is 38.6. The number of amides is 1. The predicted octanol–water partition coefficient (Wildman–Crippen LogP) is 6.98. The molecular formula is C30H30F2N4O3. The Morgan fingerprint density at radius 2 is 1.87 bits per heavy atom. The van der Waals surface area contributed by atoms with E-state index in [-0.39, 0.29) is 11.8 Å². The average Bonchev–Trinajstić information content (AvgIpc) is 2.92. The fourth-order valence-electron chi connectivity index (χ4n) is 4.21. The standard InChI is InChI=1S/C30H30F2N4O3/c1-5-18(2)21-10-8-19(22-11-9-20(31)14-24(22)32)13-26(21)36-30-23-15-27(35-29(37)7-6-12-38-3)28(39-4)16-25(23)33-17-34-30/h6-11,13-18H,5,12H2,1-4H3,(H,35,37)(H,33,34,36)/b7-6+. The maximum absolute atomic E-state index is 14.6. The van der Waals surface area contributed by atoms with Gasteiger partial charge in [-0.1, -0.05) is 32.1 Å². The molecule has 0 aliphatic heterocycles. The number of nitrogens with zero attached hydrogens (tertiary/aromatic N) is 2. The van der Waals surface area contributed by atoms with E-state index >= 15 is 0 Å². The quantitative estimate of drug-likeness (QED) is 0.214. The summed E-state index contributed by atoms with van der Waals surface area (Å²) in [6, 6.07) is 12.6. The summed E-state index contributed by atoms with van der Waals surface area (Å²) in [5.74, 6) is -0.489. The van der Waals surface area contributed by atoms with Crippen molar-refractivity contribution in [3.05, 3.63) is 84.2 Å². The number of halogens is 2. The lowest BCUT2D eigenvalue weighted by Crippen LogP contribution is -2.10. The topological polar surface area (TPSA) is 85.4 Å². The molecule has 0 saturated heterocycles. The highest BCUT2D eigenvalue weighted by Crippen LogP contribution is 2.37. The molecule has 9 heteroatoms. The van der Waals surface area contributed by atoms with Crippen LogP contribution in [0.25, 0.3) is 22.0 Å². The fourth-order valence-corrected chi connectivity index (χ4v) is 4.21. The highest BCUT2D eigenvalue weighted by Gasteiger charge is 2.17. The van der Waals surface area contributed by atoms with Crippen LogP contribution in [0.5, 0.6) is 5.75 Å². The van der Waals surface area contributed by atoms with Crippen molar-refractivity contribution in [2.45, 2.75) is 26.2 Å². The number of rotatable bonds is 10. The summed E-state index contributed by atoms with van der Waals surface area (Å²) in [4.78, 5) is 21.3. The second kappa shape index (κ2) is 12.4. The molecule has 2 N–H and O–H groups in total. The van der Waals surface area contributed by atoms with Crippen molar-refractivity contribution < 1.29 is 23.0 Å². The van der Waals surface area contributed by atoms with E-state index in [1.807, 2.05) is 18.2 Å². The number of nitrogens with one attached hydrogen (secondary N) is 2. The molecule has 0 aliphatic carbocycles. The molecule has 1 atom stereocenters. The van der Waals surface area contributed by atoms with Crippen LogP contribution >= 0.6 is 0 Å². The van der Waals surface area contributed by atoms with Crippen molar-refractivity contribution >= 4 is 34.0 Å². The van der Waals surface area contributed by atoms with Gasteiger partial charge in [-0.15, -0.1) is 0 Å². The molecule has 0 bridgehead atoms. The second-order valence-corrected chi connectivity index (χ2v) is 9.00. The molecule has 202 valence electrons. The molecule has 0 spiro atoms. The zero-order valence-corrected chi connectivity index (χ0v) is 22.2. The number of carbonyl (C=O) groups is 1. The van der Waals surface area contributed by atoms with Crippen LogP contribution in [0.2, 0.25) is 0 Å². The van der Waals surface area contributed by atoms with E-state index < -0.39 is 11.6 Å². The number of ether oxygens (including phenoxy) is 2. The van der Waals surface area contributed by atoms with Gasteiger partial charge in [0.25, 0.3) is 0 Å². The van der Waals surface area contributed by atoms with E-state index in [1.165, 1.54) is 31.6 Å². The predicted molar refractivity (Wildman–Crippen MR) is 150 cm³/mol. The largest absolute Gasteiger partial charge is 0.494 e. The minimum absolute atomic E-state index is 0.196. The summed E-state index contributed by atoms with van der Waals surface area (Å²) in [5, 5.41) is 6.86. The lowest BCUT2D eigenvalue weighted by atomic mass is 9.93. The van der Waals surface area contributed by atoms with Gasteiger partial charge < -0.3 is 20.1 Å². The minimum Gasteiger partial charge on any atom is -0.494 e. The van der Waals surface area contributed by atoms with E-state index in [0.29, 0.717) is 45.9 Å². The lowest BCUT2D eigenvalue weighted by Gasteiger charge is -2.19. The van der Waals surface area contributed by atoms with Gasteiger partial charge in [0.15, 0.2) is 0 Å². The van der Waals surface area contributed by atoms with E-state index in [0.717, 1.165) is 23.7 Å². The van der Waals surface area contributed by atoms with Crippen molar-refractivity contribution in [3.8, 4) is 16.9 Å². The third kappa shape index (κ3) is 6.38. The SMILES string of the molecule is CCC(C)c1ccc(-c2ccc(F)cc2F)cc1Nc1ncnc2cc(OC)c(NC(=O)/C=C/COC)cc12. The number of hydrogen-bond donors (Lipinski definition) is 2. The molecule has 4 rings (SSSR count). The Morgan fingerprint density at radius 3 is 2.59 bits per heavy atom. The van der Waals surface area contributed by atoms with E-state index in [4.69, 9.17) is 9.47 Å². The molecule has 39 heavy (non-hydrogen) atoms. The number of aromatic nitrogens is 2. The number of hydrogen-bond acceptors (Lipinski definition) is 6. The van der Waals surface area contributed by atoms with Gasteiger partial charge in [0.2, 0.25) is 5.91 Å². The van der Waals surface area contributed by atoms with Crippen LogP contribution in [0.3, 0.4) is 0 Å². The van der Waals surface area contributed by atoms with Crippen LogP contribution in [0.1, 0.15) is 31.7 Å². The summed E-state index contributed by atoms with van der Waals surface area (Å²) >= 11 is 0. The third-order valence-electron chi connectivity index (χ3n) is 6.44. The second-order valence-electron chi connectivity index (χ2n) is 9.00. The molecule has 3 aromatic carbocycles. The van der Waals surface area contributed by atoms with Gasteiger partial charge >= 0.3 is 0 Å². The van der Waals surface area contributed by atoms with Gasteiger partial charge in [-0.25, -0.2) is 18.7 Å². The molecule has 0 saturated carbocycles. The zero-order chi connectivity index (χ0) is 27.9. The first kappa shape index (κ1) is 27.7. The molecular weight excluding hydrogens is 502 g/mol. The van der Waals surface area contributed by atoms with Crippen LogP contribution in [-0.4, -0.2) is 36.7 Å². The number of carbonyl (C=O) groups excluding carboxylic acids is 1. The van der Waals surface area contributed by atoms with Crippen LogP contribution < -0.4 is 15.4 Å². The zero-order valence-electron chi connectivity index (χ0n) is 22.2. The van der Waals surface area contributed by atoms with E-state index in [1.54, 1.807) is 25.3 Å². The summed E-state index contributed by atoms with van der Waals surface area (Å²) in [6.45, 7) is 4.50. The first-order valence-corrected chi connectivity index (χ1v) is 12.5. The molecule has 1 aromatic heterocycles. The smallest absolute Gasteiger partial charge is 0.248 e. The highest BCUT2D eigenvalue weighted by atomic mass is 19.1. The molecule has 1 amide bonds. The maximum atomic E-state index is 14.6. The van der Waals surface area contributed by atoms with Gasteiger partial charge in [-0.2, -0.15) is 0 Å². The van der Waals surface area contributed by atoms with Gasteiger partial charge in [-0.05, 0) is 47.7 Å². The van der Waals surface area contributed by atoms with Crippen molar-refractivity contribution in [1.82, 2.24) is 9.97 Å².